The first kappa shape index (κ1) is 17.0. The molecule has 5 rings (SSSR count). The molecule has 0 N–H and O–H groups in total. The van der Waals surface area contributed by atoms with Crippen LogP contribution in [0.25, 0.3) is 45.2 Å². The van der Waals surface area contributed by atoms with E-state index in [1.807, 2.05) is 0 Å². The molecule has 0 radical (unpaired) electrons. The smallest absolute Gasteiger partial charge is 0.00270 e. The minimum atomic E-state index is 1.11. The lowest BCUT2D eigenvalue weighted by Crippen LogP contribution is -2.31. The molecule has 0 nitrogen and oxygen atoms in total. The molecule has 136 valence electrons. The molecule has 0 unspecified atom stereocenters. The average Bonchev–Trinajstić information content (AvgIpc) is 2.73. The molecule has 4 aromatic rings. The number of hydrogen-bond donors (Lipinski definition) is 0. The van der Waals surface area contributed by atoms with Crippen LogP contribution in [0.5, 0.6) is 0 Å². The second-order valence-corrected chi connectivity index (χ2v) is 7.74. The summed E-state index contributed by atoms with van der Waals surface area (Å²) in [7, 11) is 0. The molecule has 1 aliphatic carbocycles. The lowest BCUT2D eigenvalue weighted by molar-refractivity contribution is 1.12. The standard InChI is InChI=1S/C28H24/c1-19-11-3-5-13-21(19)27-23-15-7-9-17-25(23)28(22-14-6-4-12-20(22)2)26-18-10-8-16-24(26)27/h3-7,9,11-18H,8,10H2,1-2H3. The lowest BCUT2D eigenvalue weighted by atomic mass is 9.84. The average molecular weight is 361 g/mol. The van der Waals surface area contributed by atoms with Crippen molar-refractivity contribution in [3.8, 4) is 22.3 Å². The van der Waals surface area contributed by atoms with Crippen molar-refractivity contribution in [2.75, 3.05) is 0 Å². The predicted octanol–water partition coefficient (Wildman–Crippen LogP) is 6.15. The Hall–Kier alpha value is -3.12. The van der Waals surface area contributed by atoms with Crippen molar-refractivity contribution in [2.45, 2.75) is 26.7 Å². The van der Waals surface area contributed by atoms with E-state index in [4.69, 9.17) is 0 Å². The summed E-state index contributed by atoms with van der Waals surface area (Å²) in [5.74, 6) is 0. The van der Waals surface area contributed by atoms with Crippen LogP contribution >= 0.6 is 0 Å². The molecule has 0 saturated heterocycles. The van der Waals surface area contributed by atoms with Gasteiger partial charge in [-0.2, -0.15) is 0 Å². The van der Waals surface area contributed by atoms with E-state index in [2.05, 4.69) is 98.8 Å². The maximum absolute atomic E-state index is 2.45. The van der Waals surface area contributed by atoms with E-state index < -0.39 is 0 Å². The minimum absolute atomic E-state index is 1.11. The largest absolute Gasteiger partial charge is 0.0757 e. The summed E-state index contributed by atoms with van der Waals surface area (Å²) in [6, 6.07) is 26.5. The number of benzene rings is 4. The Morgan fingerprint density at radius 3 is 1.32 bits per heavy atom. The van der Waals surface area contributed by atoms with Crippen molar-refractivity contribution >= 4 is 22.9 Å². The van der Waals surface area contributed by atoms with Crippen LogP contribution in [0.1, 0.15) is 24.0 Å². The van der Waals surface area contributed by atoms with Gasteiger partial charge in [-0.3, -0.25) is 0 Å². The highest BCUT2D eigenvalue weighted by molar-refractivity contribution is 6.06. The van der Waals surface area contributed by atoms with Crippen molar-refractivity contribution in [1.82, 2.24) is 0 Å². The molecule has 0 amide bonds. The summed E-state index contributed by atoms with van der Waals surface area (Å²) in [6.07, 6.45) is 7.12. The summed E-state index contributed by atoms with van der Waals surface area (Å²) in [6.45, 7) is 4.44. The van der Waals surface area contributed by atoms with Crippen molar-refractivity contribution in [3.63, 3.8) is 0 Å². The van der Waals surface area contributed by atoms with Gasteiger partial charge in [0.25, 0.3) is 0 Å². The summed E-state index contributed by atoms with van der Waals surface area (Å²) in [4.78, 5) is 0. The van der Waals surface area contributed by atoms with E-state index in [0.717, 1.165) is 12.8 Å². The fourth-order valence-electron chi connectivity index (χ4n) is 4.65. The van der Waals surface area contributed by atoms with Crippen molar-refractivity contribution in [3.05, 3.63) is 94.4 Å². The van der Waals surface area contributed by atoms with Crippen LogP contribution in [-0.2, 0) is 0 Å². The number of aryl methyl sites for hydroxylation is 2. The summed E-state index contributed by atoms with van der Waals surface area (Å²) >= 11 is 0. The van der Waals surface area contributed by atoms with E-state index >= 15 is 0 Å². The molecule has 0 aromatic heterocycles. The molecule has 4 aromatic carbocycles. The molecule has 1 aliphatic rings. The molecule has 28 heavy (non-hydrogen) atoms. The lowest BCUT2D eigenvalue weighted by Gasteiger charge is -2.19. The Kier molecular flexibility index (Phi) is 4.13. The number of fused-ring (bicyclic) bond motifs is 2. The first-order chi connectivity index (χ1) is 13.8. The normalized spacial score (nSPS) is 12.9. The molecule has 0 atom stereocenters. The third-order valence-corrected chi connectivity index (χ3v) is 5.99. The SMILES string of the molecule is Cc1ccccc1-c1c2c(c(-c3ccccc3C)c3ccccc13)=CCCC=2. The topological polar surface area (TPSA) is 0 Å². The zero-order chi connectivity index (χ0) is 19.1. The summed E-state index contributed by atoms with van der Waals surface area (Å²) in [5, 5.41) is 5.50. The van der Waals surface area contributed by atoms with E-state index in [0.29, 0.717) is 0 Å². The molecule has 0 fully saturated rings. The van der Waals surface area contributed by atoms with Gasteiger partial charge in [0.15, 0.2) is 0 Å². The van der Waals surface area contributed by atoms with Crippen molar-refractivity contribution < 1.29 is 0 Å². The molecular formula is C28H24. The van der Waals surface area contributed by atoms with Gasteiger partial charge < -0.3 is 0 Å². The number of rotatable bonds is 2. The maximum Gasteiger partial charge on any atom is -0.00270 e. The second-order valence-electron chi connectivity index (χ2n) is 7.74. The molecule has 0 saturated carbocycles. The molecular weight excluding hydrogens is 336 g/mol. The van der Waals surface area contributed by atoms with Crippen molar-refractivity contribution in [1.29, 1.82) is 0 Å². The van der Waals surface area contributed by atoms with Crippen LogP contribution in [0.3, 0.4) is 0 Å². The Morgan fingerprint density at radius 2 is 0.893 bits per heavy atom. The van der Waals surface area contributed by atoms with E-state index in [1.54, 1.807) is 0 Å². The van der Waals surface area contributed by atoms with Gasteiger partial charge >= 0.3 is 0 Å². The van der Waals surface area contributed by atoms with Crippen LogP contribution in [0.2, 0.25) is 0 Å². The summed E-state index contributed by atoms with van der Waals surface area (Å²) < 4.78 is 0. The Labute approximate surface area is 166 Å². The van der Waals surface area contributed by atoms with Gasteiger partial charge in [-0.1, -0.05) is 84.9 Å². The van der Waals surface area contributed by atoms with Crippen molar-refractivity contribution in [2.24, 2.45) is 0 Å². The first-order valence-electron chi connectivity index (χ1n) is 10.1. The highest BCUT2D eigenvalue weighted by Gasteiger charge is 2.17. The van der Waals surface area contributed by atoms with Gasteiger partial charge in [0.05, 0.1) is 0 Å². The third-order valence-electron chi connectivity index (χ3n) is 5.99. The molecule has 0 bridgehead atoms. The van der Waals surface area contributed by atoms with E-state index in [9.17, 15) is 0 Å². The predicted molar refractivity (Wildman–Crippen MR) is 122 cm³/mol. The Bertz CT molecular complexity index is 1220. The third kappa shape index (κ3) is 2.60. The molecule has 0 spiro atoms. The van der Waals surface area contributed by atoms with E-state index in [-0.39, 0.29) is 0 Å². The highest BCUT2D eigenvalue weighted by Crippen LogP contribution is 2.34. The summed E-state index contributed by atoms with van der Waals surface area (Å²) in [5.41, 5.74) is 8.12. The Balaban J connectivity index is 2.04. The quantitative estimate of drug-likeness (QED) is 0.402. The fraction of sp³-hybridized carbons (Fsp3) is 0.143. The molecule has 0 aliphatic heterocycles. The van der Waals surface area contributed by atoms with Crippen LogP contribution in [0.15, 0.2) is 72.8 Å². The van der Waals surface area contributed by atoms with Gasteiger partial charge in [0.2, 0.25) is 0 Å². The van der Waals surface area contributed by atoms with Crippen LogP contribution in [0, 0.1) is 13.8 Å². The number of hydrogen-bond acceptors (Lipinski definition) is 0. The van der Waals surface area contributed by atoms with Crippen LogP contribution in [-0.4, -0.2) is 0 Å². The highest BCUT2D eigenvalue weighted by atomic mass is 14.2. The van der Waals surface area contributed by atoms with Gasteiger partial charge in [-0.25, -0.2) is 0 Å². The monoisotopic (exact) mass is 360 g/mol. The van der Waals surface area contributed by atoms with Gasteiger partial charge in [-0.05, 0) is 81.3 Å². The molecule has 0 heteroatoms. The zero-order valence-corrected chi connectivity index (χ0v) is 16.5. The van der Waals surface area contributed by atoms with E-state index in [1.165, 1.54) is 54.6 Å². The second kappa shape index (κ2) is 6.80. The van der Waals surface area contributed by atoms with Gasteiger partial charge in [0.1, 0.15) is 0 Å². The minimum Gasteiger partial charge on any atom is -0.0757 e. The first-order valence-corrected chi connectivity index (χ1v) is 10.1. The maximum atomic E-state index is 2.45. The zero-order valence-electron chi connectivity index (χ0n) is 16.5. The molecule has 0 heterocycles. The Morgan fingerprint density at radius 1 is 0.500 bits per heavy atom. The van der Waals surface area contributed by atoms with Crippen LogP contribution in [0.4, 0.5) is 0 Å². The fourth-order valence-corrected chi connectivity index (χ4v) is 4.65. The van der Waals surface area contributed by atoms with Gasteiger partial charge in [0, 0.05) is 0 Å². The van der Waals surface area contributed by atoms with Crippen LogP contribution < -0.4 is 10.4 Å². The van der Waals surface area contributed by atoms with Gasteiger partial charge in [-0.15, -0.1) is 0 Å².